The second kappa shape index (κ2) is 7.13. The summed E-state index contributed by atoms with van der Waals surface area (Å²) in [4.78, 5) is 48.1. The molecule has 4 fully saturated rings. The monoisotopic (exact) mass is 452 g/mol. The number of ketones is 4. The molecule has 0 aromatic heterocycles. The van der Waals surface area contributed by atoms with E-state index in [-0.39, 0.29) is 12.8 Å². The highest BCUT2D eigenvalue weighted by atomic mass is 19.4. The lowest BCUT2D eigenvalue weighted by atomic mass is 9.54. The number of rotatable bonds is 2. The Kier molecular flexibility index (Phi) is 5.17. The molecule has 0 N–H and O–H groups in total. The zero-order valence-corrected chi connectivity index (χ0v) is 16.5. The largest absolute Gasteiger partial charge is 0.403 e. The third-order valence-corrected chi connectivity index (χ3v) is 8.28. The summed E-state index contributed by atoms with van der Waals surface area (Å²) in [5.74, 6) is -9.61. The Hall–Kier alpha value is -1.74. The highest BCUT2D eigenvalue weighted by Gasteiger charge is 2.77. The van der Waals surface area contributed by atoms with Crippen LogP contribution in [0.25, 0.3) is 0 Å². The van der Waals surface area contributed by atoms with Crippen LogP contribution in [0, 0.1) is 40.9 Å². The van der Waals surface area contributed by atoms with Gasteiger partial charge in [-0.25, -0.2) is 0 Å². The summed E-state index contributed by atoms with van der Waals surface area (Å²) in [5, 5.41) is 0. The van der Waals surface area contributed by atoms with E-state index < -0.39 is 115 Å². The maximum absolute atomic E-state index is 14.5. The third-order valence-electron chi connectivity index (χ3n) is 8.28. The molecule has 4 aliphatic rings. The van der Waals surface area contributed by atoms with Crippen LogP contribution in [0.15, 0.2) is 0 Å². The van der Waals surface area contributed by atoms with Crippen LogP contribution in [0.5, 0.6) is 0 Å². The predicted molar refractivity (Wildman–Crippen MR) is 92.4 cm³/mol. The van der Waals surface area contributed by atoms with Crippen molar-refractivity contribution in [1.29, 1.82) is 0 Å². The van der Waals surface area contributed by atoms with Crippen molar-refractivity contribution in [3.8, 4) is 0 Å². The third kappa shape index (κ3) is 3.18. The van der Waals surface area contributed by atoms with Gasteiger partial charge in [0.15, 0.2) is 5.41 Å². The van der Waals surface area contributed by atoms with E-state index in [1.165, 1.54) is 0 Å². The van der Waals surface area contributed by atoms with Gasteiger partial charge in [0.05, 0.1) is 12.8 Å². The Morgan fingerprint density at radius 1 is 0.516 bits per heavy atom. The van der Waals surface area contributed by atoms with Crippen LogP contribution in [0.3, 0.4) is 0 Å². The number of hydrogen-bond acceptors (Lipinski definition) is 4. The highest BCUT2D eigenvalue weighted by Crippen LogP contribution is 2.66. The van der Waals surface area contributed by atoms with Crippen LogP contribution in [0.1, 0.15) is 51.4 Å². The molecule has 172 valence electrons. The van der Waals surface area contributed by atoms with E-state index in [2.05, 4.69) is 0 Å². The second-order valence-corrected chi connectivity index (χ2v) is 9.53. The van der Waals surface area contributed by atoms with E-state index >= 15 is 0 Å². The van der Waals surface area contributed by atoms with E-state index in [0.717, 1.165) is 0 Å². The smallest absolute Gasteiger partial charge is 0.299 e. The molecule has 10 heteroatoms. The van der Waals surface area contributed by atoms with E-state index in [9.17, 15) is 45.5 Å². The molecular weight excluding hydrogens is 430 g/mol. The van der Waals surface area contributed by atoms with Gasteiger partial charge in [-0.1, -0.05) is 0 Å². The first-order valence-electron chi connectivity index (χ1n) is 10.5. The molecule has 0 aromatic carbocycles. The number of hydrogen-bond donors (Lipinski definition) is 0. The number of fused-ring (bicyclic) bond motifs is 2. The molecule has 0 bridgehead atoms. The van der Waals surface area contributed by atoms with Crippen molar-refractivity contribution < 1.29 is 45.5 Å². The Morgan fingerprint density at radius 2 is 0.839 bits per heavy atom. The van der Waals surface area contributed by atoms with Gasteiger partial charge in [0.2, 0.25) is 0 Å². The van der Waals surface area contributed by atoms with Gasteiger partial charge in [0, 0.05) is 23.7 Å². The Labute approximate surface area is 174 Å². The van der Waals surface area contributed by atoms with Crippen LogP contribution in [0.2, 0.25) is 0 Å². The molecule has 0 aliphatic heterocycles. The van der Waals surface area contributed by atoms with Gasteiger partial charge in [0.1, 0.15) is 23.1 Å². The van der Waals surface area contributed by atoms with Crippen molar-refractivity contribution in [3.63, 3.8) is 0 Å². The van der Waals surface area contributed by atoms with Crippen molar-refractivity contribution in [2.45, 2.75) is 63.7 Å². The highest BCUT2D eigenvalue weighted by molar-refractivity contribution is 6.09. The lowest BCUT2D eigenvalue weighted by molar-refractivity contribution is -0.383. The average Bonchev–Trinajstić information content (AvgIpc) is 3.09. The maximum Gasteiger partial charge on any atom is 0.403 e. The van der Waals surface area contributed by atoms with Crippen molar-refractivity contribution in [1.82, 2.24) is 0 Å². The molecular formula is C21H22F6O4. The van der Waals surface area contributed by atoms with E-state index in [1.54, 1.807) is 0 Å². The topological polar surface area (TPSA) is 68.3 Å². The summed E-state index contributed by atoms with van der Waals surface area (Å²) < 4.78 is 86.7. The molecule has 6 atom stereocenters. The van der Waals surface area contributed by atoms with Gasteiger partial charge in [-0.05, 0) is 50.4 Å². The molecule has 0 heterocycles. The van der Waals surface area contributed by atoms with Gasteiger partial charge >= 0.3 is 12.4 Å². The fourth-order valence-corrected chi connectivity index (χ4v) is 6.94. The number of carbonyl (C=O) groups excluding carboxylic acids is 4. The number of alkyl halides is 6. The molecule has 0 amide bonds. The fraction of sp³-hybridized carbons (Fsp3) is 0.810. The Bertz CT molecular complexity index is 761. The minimum absolute atomic E-state index is 0.177. The second-order valence-electron chi connectivity index (χ2n) is 9.53. The normalized spacial score (nSPS) is 37.2. The van der Waals surface area contributed by atoms with Crippen LogP contribution < -0.4 is 0 Å². The zero-order chi connectivity index (χ0) is 22.9. The van der Waals surface area contributed by atoms with Crippen molar-refractivity contribution in [2.75, 3.05) is 0 Å². The van der Waals surface area contributed by atoms with E-state index in [1.807, 2.05) is 0 Å². The van der Waals surface area contributed by atoms with Gasteiger partial charge < -0.3 is 0 Å². The summed E-state index contributed by atoms with van der Waals surface area (Å²) in [6.07, 6.45) is -14.7. The Morgan fingerprint density at radius 3 is 1.16 bits per heavy atom. The number of Topliss-reactive ketones (excluding diaryl/α,β-unsaturated/α-hetero) is 4. The maximum atomic E-state index is 14.5. The summed E-state index contributed by atoms with van der Waals surface area (Å²) in [5.41, 5.74) is -4.08. The number of halogens is 6. The van der Waals surface area contributed by atoms with Crippen LogP contribution in [-0.4, -0.2) is 35.5 Å². The standard InChI is InChI=1S/C21H22F6O4/c22-20(23,24)19(21(25,26)27,9-1-3-11-13(5-9)17(30)7-15(11)28)10-2-4-12-14(6-10)18(31)8-16(12)29/h9-14H,1-8H2. The first-order valence-corrected chi connectivity index (χ1v) is 10.5. The number of carbonyl (C=O) groups is 4. The van der Waals surface area contributed by atoms with Crippen LogP contribution >= 0.6 is 0 Å². The van der Waals surface area contributed by atoms with Crippen LogP contribution in [0.4, 0.5) is 26.3 Å². The zero-order valence-electron chi connectivity index (χ0n) is 16.5. The quantitative estimate of drug-likeness (QED) is 0.464. The van der Waals surface area contributed by atoms with Gasteiger partial charge in [0.25, 0.3) is 0 Å². The van der Waals surface area contributed by atoms with E-state index in [0.29, 0.717) is 0 Å². The summed E-state index contributed by atoms with van der Waals surface area (Å²) in [6.45, 7) is 0. The van der Waals surface area contributed by atoms with Gasteiger partial charge in [-0.3, -0.25) is 19.2 Å². The van der Waals surface area contributed by atoms with E-state index in [4.69, 9.17) is 0 Å². The molecule has 0 aromatic rings. The summed E-state index contributed by atoms with van der Waals surface area (Å²) in [6, 6.07) is 0. The molecule has 6 unspecified atom stereocenters. The average molecular weight is 452 g/mol. The van der Waals surface area contributed by atoms with Crippen LogP contribution in [-0.2, 0) is 19.2 Å². The molecule has 4 aliphatic carbocycles. The van der Waals surface area contributed by atoms with Crippen molar-refractivity contribution >= 4 is 23.1 Å². The molecule has 4 saturated carbocycles. The molecule has 4 nitrogen and oxygen atoms in total. The molecule has 4 rings (SSSR count). The minimum Gasteiger partial charge on any atom is -0.299 e. The predicted octanol–water partition coefficient (Wildman–Crippen LogP) is 4.25. The molecule has 31 heavy (non-hydrogen) atoms. The molecule has 0 spiro atoms. The minimum atomic E-state index is -5.66. The first-order chi connectivity index (χ1) is 14.3. The summed E-state index contributed by atoms with van der Waals surface area (Å²) in [7, 11) is 0. The lowest BCUT2D eigenvalue weighted by Gasteiger charge is -2.52. The SMILES string of the molecule is O=C1CC(=O)C2CC(C(C3CCC4C(=O)CC(=O)C4C3)(C(F)(F)F)C(F)(F)F)CCC12. The molecule has 0 saturated heterocycles. The van der Waals surface area contributed by atoms with Crippen molar-refractivity contribution in [3.05, 3.63) is 0 Å². The van der Waals surface area contributed by atoms with Crippen molar-refractivity contribution in [2.24, 2.45) is 40.9 Å². The van der Waals surface area contributed by atoms with Gasteiger partial charge in [-0.2, -0.15) is 26.3 Å². The van der Waals surface area contributed by atoms with Gasteiger partial charge in [-0.15, -0.1) is 0 Å². The molecule has 0 radical (unpaired) electrons. The first kappa shape index (κ1) is 22.5. The lowest BCUT2D eigenvalue weighted by Crippen LogP contribution is -2.61. The summed E-state index contributed by atoms with van der Waals surface area (Å²) >= 11 is 0. The Balaban J connectivity index is 1.75. The fourth-order valence-electron chi connectivity index (χ4n) is 6.94.